The van der Waals surface area contributed by atoms with Crippen molar-refractivity contribution in [3.8, 4) is 0 Å². The molecular formula is C13H14ClFN2S. The van der Waals surface area contributed by atoms with Crippen LogP contribution in [0.15, 0.2) is 12.1 Å². The first-order valence-electron chi connectivity index (χ1n) is 6.17. The van der Waals surface area contributed by atoms with Gasteiger partial charge >= 0.3 is 0 Å². The third kappa shape index (κ3) is 1.79. The van der Waals surface area contributed by atoms with Gasteiger partial charge in [-0.05, 0) is 44.0 Å². The molecule has 0 saturated heterocycles. The Kier molecular flexibility index (Phi) is 2.94. The van der Waals surface area contributed by atoms with Crippen LogP contribution in [0.2, 0.25) is 5.02 Å². The molecule has 1 heterocycles. The van der Waals surface area contributed by atoms with Gasteiger partial charge in [0.1, 0.15) is 5.82 Å². The average Bonchev–Trinajstić information content (AvgIpc) is 2.52. The minimum Gasteiger partial charge on any atom is -0.331 e. The number of hydrogen-bond acceptors (Lipinski definition) is 1. The second kappa shape index (κ2) is 4.35. The highest BCUT2D eigenvalue weighted by atomic mass is 35.5. The number of halogens is 2. The Morgan fingerprint density at radius 2 is 2.22 bits per heavy atom. The third-order valence-electron chi connectivity index (χ3n) is 4.00. The van der Waals surface area contributed by atoms with E-state index in [1.165, 1.54) is 25.3 Å². The SMILES string of the molecule is CC(C1CCC1)n1c(=S)[nH]c2cc(Cl)c(F)cc21. The van der Waals surface area contributed by atoms with Crippen LogP contribution in [0.25, 0.3) is 11.0 Å². The first-order chi connectivity index (χ1) is 8.58. The first-order valence-corrected chi connectivity index (χ1v) is 6.96. The van der Waals surface area contributed by atoms with Crippen molar-refractivity contribution in [1.29, 1.82) is 0 Å². The number of aromatic amines is 1. The van der Waals surface area contributed by atoms with Crippen LogP contribution in [-0.2, 0) is 0 Å². The maximum absolute atomic E-state index is 13.6. The van der Waals surface area contributed by atoms with Crippen molar-refractivity contribution < 1.29 is 4.39 Å². The van der Waals surface area contributed by atoms with Gasteiger partial charge in [-0.25, -0.2) is 4.39 Å². The summed E-state index contributed by atoms with van der Waals surface area (Å²) in [7, 11) is 0. The highest BCUT2D eigenvalue weighted by Gasteiger charge is 2.26. The normalized spacial score (nSPS) is 17.9. The summed E-state index contributed by atoms with van der Waals surface area (Å²) in [6, 6.07) is 3.38. The Balaban J connectivity index is 2.18. The fraction of sp³-hybridized carbons (Fsp3) is 0.462. The van der Waals surface area contributed by atoms with E-state index in [2.05, 4.69) is 11.9 Å². The summed E-state index contributed by atoms with van der Waals surface area (Å²) in [5, 5.41) is 0.127. The lowest BCUT2D eigenvalue weighted by Gasteiger charge is -2.32. The molecule has 1 unspecified atom stereocenters. The summed E-state index contributed by atoms with van der Waals surface area (Å²) in [5.74, 6) is 0.252. The molecule has 2 aromatic rings. The number of imidazole rings is 1. The number of nitrogens with one attached hydrogen (secondary N) is 1. The van der Waals surface area contributed by atoms with Gasteiger partial charge in [-0.3, -0.25) is 0 Å². The second-order valence-electron chi connectivity index (χ2n) is 5.02. The third-order valence-corrected chi connectivity index (χ3v) is 4.59. The quantitative estimate of drug-likeness (QED) is 0.782. The molecule has 5 heteroatoms. The smallest absolute Gasteiger partial charge is 0.178 e. The molecule has 0 bridgehead atoms. The number of nitrogens with zero attached hydrogens (tertiary/aromatic N) is 1. The highest BCUT2D eigenvalue weighted by molar-refractivity contribution is 7.71. The van der Waals surface area contributed by atoms with Crippen LogP contribution in [-0.4, -0.2) is 9.55 Å². The minimum atomic E-state index is -0.396. The molecule has 0 radical (unpaired) electrons. The molecule has 0 spiro atoms. The Hall–Kier alpha value is -0.870. The number of benzene rings is 1. The van der Waals surface area contributed by atoms with Crippen LogP contribution >= 0.6 is 23.8 Å². The summed E-state index contributed by atoms with van der Waals surface area (Å²) >= 11 is 11.1. The van der Waals surface area contributed by atoms with Gasteiger partial charge < -0.3 is 9.55 Å². The number of H-pyrrole nitrogens is 1. The number of rotatable bonds is 2. The van der Waals surface area contributed by atoms with Crippen LogP contribution in [0.4, 0.5) is 4.39 Å². The molecule has 1 N–H and O–H groups in total. The number of aromatic nitrogens is 2. The fourth-order valence-electron chi connectivity index (χ4n) is 2.66. The number of fused-ring (bicyclic) bond motifs is 1. The fourth-order valence-corrected chi connectivity index (χ4v) is 3.20. The molecule has 1 aliphatic rings. The molecule has 1 aliphatic carbocycles. The first kappa shape index (κ1) is 12.2. The molecule has 1 aromatic carbocycles. The molecule has 1 aromatic heterocycles. The van der Waals surface area contributed by atoms with Crippen molar-refractivity contribution in [2.45, 2.75) is 32.2 Å². The van der Waals surface area contributed by atoms with Gasteiger partial charge in [0, 0.05) is 12.1 Å². The van der Waals surface area contributed by atoms with Crippen LogP contribution < -0.4 is 0 Å². The zero-order valence-electron chi connectivity index (χ0n) is 10.0. The minimum absolute atomic E-state index is 0.127. The van der Waals surface area contributed by atoms with E-state index in [1.54, 1.807) is 6.07 Å². The largest absolute Gasteiger partial charge is 0.331 e. The van der Waals surface area contributed by atoms with E-state index >= 15 is 0 Å². The summed E-state index contributed by atoms with van der Waals surface area (Å²) < 4.78 is 16.3. The van der Waals surface area contributed by atoms with E-state index < -0.39 is 5.82 Å². The average molecular weight is 285 g/mol. The topological polar surface area (TPSA) is 20.7 Å². The molecule has 1 fully saturated rings. The summed E-state index contributed by atoms with van der Waals surface area (Å²) in [6.07, 6.45) is 3.74. The van der Waals surface area contributed by atoms with Gasteiger partial charge in [0.2, 0.25) is 0 Å². The second-order valence-corrected chi connectivity index (χ2v) is 5.81. The molecule has 0 aliphatic heterocycles. The van der Waals surface area contributed by atoms with Gasteiger partial charge in [-0.2, -0.15) is 0 Å². The summed E-state index contributed by atoms with van der Waals surface area (Å²) in [4.78, 5) is 3.11. The van der Waals surface area contributed by atoms with Gasteiger partial charge in [-0.1, -0.05) is 18.0 Å². The zero-order valence-corrected chi connectivity index (χ0v) is 11.6. The van der Waals surface area contributed by atoms with Crippen molar-refractivity contribution in [2.75, 3.05) is 0 Å². The lowest BCUT2D eigenvalue weighted by atomic mass is 9.80. The molecular weight excluding hydrogens is 271 g/mol. The van der Waals surface area contributed by atoms with Gasteiger partial charge in [0.25, 0.3) is 0 Å². The zero-order chi connectivity index (χ0) is 12.9. The van der Waals surface area contributed by atoms with Crippen molar-refractivity contribution >= 4 is 34.9 Å². The van der Waals surface area contributed by atoms with Crippen LogP contribution in [0, 0.1) is 16.5 Å². The highest BCUT2D eigenvalue weighted by Crippen LogP contribution is 2.38. The van der Waals surface area contributed by atoms with Crippen molar-refractivity contribution in [3.05, 3.63) is 27.7 Å². The maximum Gasteiger partial charge on any atom is 0.178 e. The lowest BCUT2D eigenvalue weighted by Crippen LogP contribution is -2.22. The molecule has 3 rings (SSSR count). The van der Waals surface area contributed by atoms with Crippen molar-refractivity contribution in [1.82, 2.24) is 9.55 Å². The van der Waals surface area contributed by atoms with E-state index in [0.29, 0.717) is 16.7 Å². The molecule has 2 nitrogen and oxygen atoms in total. The predicted molar refractivity (Wildman–Crippen MR) is 74.1 cm³/mol. The standard InChI is InChI=1S/C13H14ClFN2S/c1-7(8-3-2-4-8)17-12-6-10(15)9(14)5-11(12)16-13(17)18/h5-8H,2-4H2,1H3,(H,16,18). The van der Waals surface area contributed by atoms with E-state index in [0.717, 1.165) is 11.0 Å². The van der Waals surface area contributed by atoms with E-state index in [4.69, 9.17) is 23.8 Å². The van der Waals surface area contributed by atoms with Crippen LogP contribution in [0.1, 0.15) is 32.2 Å². The van der Waals surface area contributed by atoms with Gasteiger partial charge in [-0.15, -0.1) is 0 Å². The van der Waals surface area contributed by atoms with E-state index in [-0.39, 0.29) is 5.02 Å². The molecule has 1 atom stereocenters. The lowest BCUT2D eigenvalue weighted by molar-refractivity contribution is 0.224. The summed E-state index contributed by atoms with van der Waals surface area (Å²) in [6.45, 7) is 2.15. The molecule has 18 heavy (non-hydrogen) atoms. The monoisotopic (exact) mass is 284 g/mol. The van der Waals surface area contributed by atoms with Crippen LogP contribution in [0.5, 0.6) is 0 Å². The van der Waals surface area contributed by atoms with Gasteiger partial charge in [0.15, 0.2) is 4.77 Å². The Morgan fingerprint density at radius 1 is 1.50 bits per heavy atom. The van der Waals surface area contributed by atoms with E-state index in [1.807, 2.05) is 4.57 Å². The molecule has 0 amide bonds. The van der Waals surface area contributed by atoms with Crippen molar-refractivity contribution in [2.24, 2.45) is 5.92 Å². The number of hydrogen-bond donors (Lipinski definition) is 1. The van der Waals surface area contributed by atoms with Gasteiger partial charge in [0.05, 0.1) is 16.1 Å². The predicted octanol–water partition coefficient (Wildman–Crippen LogP) is 4.85. The Labute approximate surface area is 115 Å². The summed E-state index contributed by atoms with van der Waals surface area (Å²) in [5.41, 5.74) is 1.61. The van der Waals surface area contributed by atoms with Crippen molar-refractivity contribution in [3.63, 3.8) is 0 Å². The Morgan fingerprint density at radius 3 is 2.83 bits per heavy atom. The molecule has 1 saturated carbocycles. The Bertz CT molecular complexity index is 657. The van der Waals surface area contributed by atoms with E-state index in [9.17, 15) is 4.39 Å². The molecule has 96 valence electrons. The maximum atomic E-state index is 13.6. The van der Waals surface area contributed by atoms with Crippen LogP contribution in [0.3, 0.4) is 0 Å².